The molecule has 0 spiro atoms. The van der Waals surface area contributed by atoms with Crippen LogP contribution in [0.2, 0.25) is 0 Å². The first-order valence-electron chi connectivity index (χ1n) is 8.37. The van der Waals surface area contributed by atoms with Crippen molar-refractivity contribution in [2.24, 2.45) is 5.73 Å². The van der Waals surface area contributed by atoms with Crippen molar-refractivity contribution in [1.29, 1.82) is 0 Å². The molecule has 3 heteroatoms. The number of nitrogens with two attached hydrogens (primary N) is 1. The van der Waals surface area contributed by atoms with E-state index in [4.69, 9.17) is 10.5 Å². The normalized spacial score (nSPS) is 26.4. The molecule has 0 aromatic heterocycles. The highest BCUT2D eigenvalue weighted by Crippen LogP contribution is 2.35. The SMILES string of the molecule is CCCN(CCCC1CCCO1)C1(CN)CCCC1. The van der Waals surface area contributed by atoms with Gasteiger partial charge < -0.3 is 10.5 Å². The van der Waals surface area contributed by atoms with Gasteiger partial charge in [-0.25, -0.2) is 0 Å². The molecule has 1 saturated carbocycles. The van der Waals surface area contributed by atoms with Crippen molar-refractivity contribution in [1.82, 2.24) is 4.90 Å². The molecule has 2 N–H and O–H groups in total. The maximum atomic E-state index is 6.13. The second-order valence-corrected chi connectivity index (χ2v) is 6.40. The molecular weight excluding hydrogens is 236 g/mol. The molecule has 1 aliphatic carbocycles. The summed E-state index contributed by atoms with van der Waals surface area (Å²) in [6, 6.07) is 0. The van der Waals surface area contributed by atoms with Crippen LogP contribution in [0.5, 0.6) is 0 Å². The van der Waals surface area contributed by atoms with Crippen molar-refractivity contribution >= 4 is 0 Å². The van der Waals surface area contributed by atoms with Crippen LogP contribution >= 0.6 is 0 Å². The second-order valence-electron chi connectivity index (χ2n) is 6.40. The van der Waals surface area contributed by atoms with Gasteiger partial charge in [-0.1, -0.05) is 19.8 Å². The fraction of sp³-hybridized carbons (Fsp3) is 1.00. The molecule has 1 aliphatic heterocycles. The Morgan fingerprint density at radius 3 is 2.58 bits per heavy atom. The largest absolute Gasteiger partial charge is 0.378 e. The number of ether oxygens (including phenoxy) is 1. The van der Waals surface area contributed by atoms with Crippen LogP contribution in [-0.4, -0.2) is 42.8 Å². The third kappa shape index (κ3) is 3.93. The predicted molar refractivity (Wildman–Crippen MR) is 80.3 cm³/mol. The molecule has 1 saturated heterocycles. The Hall–Kier alpha value is -0.120. The van der Waals surface area contributed by atoms with E-state index in [1.807, 2.05) is 0 Å². The van der Waals surface area contributed by atoms with E-state index in [0.717, 1.165) is 13.2 Å². The van der Waals surface area contributed by atoms with Gasteiger partial charge in [-0.2, -0.15) is 0 Å². The molecule has 2 rings (SSSR count). The minimum absolute atomic E-state index is 0.326. The third-order valence-corrected chi connectivity index (χ3v) is 5.06. The van der Waals surface area contributed by atoms with Crippen LogP contribution in [0.3, 0.4) is 0 Å². The van der Waals surface area contributed by atoms with Crippen molar-refractivity contribution in [2.75, 3.05) is 26.2 Å². The second kappa shape index (κ2) is 7.61. The van der Waals surface area contributed by atoms with Gasteiger partial charge in [0.15, 0.2) is 0 Å². The maximum Gasteiger partial charge on any atom is 0.0576 e. The van der Waals surface area contributed by atoms with Crippen LogP contribution in [0.4, 0.5) is 0 Å². The monoisotopic (exact) mass is 268 g/mol. The summed E-state index contributed by atoms with van der Waals surface area (Å²) in [7, 11) is 0. The van der Waals surface area contributed by atoms with Crippen LogP contribution in [0.25, 0.3) is 0 Å². The van der Waals surface area contributed by atoms with E-state index in [0.29, 0.717) is 11.6 Å². The van der Waals surface area contributed by atoms with E-state index < -0.39 is 0 Å². The first-order valence-corrected chi connectivity index (χ1v) is 8.37. The summed E-state index contributed by atoms with van der Waals surface area (Å²) < 4.78 is 5.73. The summed E-state index contributed by atoms with van der Waals surface area (Å²) >= 11 is 0. The predicted octanol–water partition coefficient (Wildman–Crippen LogP) is 2.93. The molecular formula is C16H32N2O. The van der Waals surface area contributed by atoms with Gasteiger partial charge in [0, 0.05) is 18.7 Å². The smallest absolute Gasteiger partial charge is 0.0576 e. The highest BCUT2D eigenvalue weighted by molar-refractivity contribution is 4.95. The molecule has 0 aromatic rings. The van der Waals surface area contributed by atoms with Crippen LogP contribution in [0, 0.1) is 0 Å². The van der Waals surface area contributed by atoms with E-state index in [-0.39, 0.29) is 0 Å². The molecule has 112 valence electrons. The van der Waals surface area contributed by atoms with Crippen molar-refractivity contribution in [2.45, 2.75) is 76.4 Å². The summed E-state index contributed by atoms with van der Waals surface area (Å²) in [6.45, 7) is 6.53. The Morgan fingerprint density at radius 2 is 2.00 bits per heavy atom. The summed E-state index contributed by atoms with van der Waals surface area (Å²) in [5.74, 6) is 0. The maximum absolute atomic E-state index is 6.13. The molecule has 1 heterocycles. The highest BCUT2D eigenvalue weighted by atomic mass is 16.5. The summed E-state index contributed by atoms with van der Waals surface area (Å²) in [5, 5.41) is 0. The quantitative estimate of drug-likeness (QED) is 0.735. The summed E-state index contributed by atoms with van der Waals surface area (Å²) in [6.07, 6.45) is 12.2. The van der Waals surface area contributed by atoms with E-state index in [1.165, 1.54) is 70.9 Å². The highest BCUT2D eigenvalue weighted by Gasteiger charge is 2.37. The molecule has 0 bridgehead atoms. The van der Waals surface area contributed by atoms with Gasteiger partial charge in [-0.15, -0.1) is 0 Å². The molecule has 2 aliphatic rings. The molecule has 2 fully saturated rings. The van der Waals surface area contributed by atoms with Crippen LogP contribution in [0.15, 0.2) is 0 Å². The zero-order valence-corrected chi connectivity index (χ0v) is 12.7. The van der Waals surface area contributed by atoms with E-state index in [1.54, 1.807) is 0 Å². The van der Waals surface area contributed by atoms with Gasteiger partial charge in [0.25, 0.3) is 0 Å². The molecule has 0 amide bonds. The lowest BCUT2D eigenvalue weighted by Gasteiger charge is -2.41. The number of rotatable bonds is 8. The molecule has 1 atom stereocenters. The lowest BCUT2D eigenvalue weighted by Crippen LogP contribution is -2.52. The average molecular weight is 268 g/mol. The lowest BCUT2D eigenvalue weighted by atomic mass is 9.94. The average Bonchev–Trinajstić information content (AvgIpc) is 3.10. The van der Waals surface area contributed by atoms with Crippen LogP contribution in [-0.2, 0) is 4.74 Å². The van der Waals surface area contributed by atoms with Gasteiger partial charge in [0.05, 0.1) is 6.10 Å². The minimum Gasteiger partial charge on any atom is -0.378 e. The molecule has 19 heavy (non-hydrogen) atoms. The van der Waals surface area contributed by atoms with Crippen molar-refractivity contribution < 1.29 is 4.74 Å². The summed E-state index contributed by atoms with van der Waals surface area (Å²) in [4.78, 5) is 2.70. The van der Waals surface area contributed by atoms with Gasteiger partial charge in [-0.05, 0) is 58.0 Å². The van der Waals surface area contributed by atoms with E-state index >= 15 is 0 Å². The number of hydrogen-bond donors (Lipinski definition) is 1. The zero-order valence-electron chi connectivity index (χ0n) is 12.7. The fourth-order valence-corrected chi connectivity index (χ4v) is 3.92. The van der Waals surface area contributed by atoms with Gasteiger partial charge in [-0.3, -0.25) is 4.90 Å². The Morgan fingerprint density at radius 1 is 1.21 bits per heavy atom. The standard InChI is InChI=1S/C16H32N2O/c1-2-11-18(16(14-17)9-3-4-10-16)12-5-7-15-8-6-13-19-15/h15H,2-14,17H2,1H3. The fourth-order valence-electron chi connectivity index (χ4n) is 3.92. The van der Waals surface area contributed by atoms with Gasteiger partial charge in [0.2, 0.25) is 0 Å². The minimum atomic E-state index is 0.326. The molecule has 0 radical (unpaired) electrons. The Kier molecular flexibility index (Phi) is 6.11. The van der Waals surface area contributed by atoms with Gasteiger partial charge >= 0.3 is 0 Å². The molecule has 1 unspecified atom stereocenters. The van der Waals surface area contributed by atoms with Crippen molar-refractivity contribution in [3.05, 3.63) is 0 Å². The van der Waals surface area contributed by atoms with Gasteiger partial charge in [0.1, 0.15) is 0 Å². The Balaban J connectivity index is 1.80. The third-order valence-electron chi connectivity index (χ3n) is 5.06. The summed E-state index contributed by atoms with van der Waals surface area (Å²) in [5.41, 5.74) is 6.45. The Bertz CT molecular complexity index is 245. The van der Waals surface area contributed by atoms with Crippen molar-refractivity contribution in [3.63, 3.8) is 0 Å². The Labute approximate surface area is 118 Å². The van der Waals surface area contributed by atoms with E-state index in [9.17, 15) is 0 Å². The number of nitrogens with zero attached hydrogens (tertiary/aromatic N) is 1. The van der Waals surface area contributed by atoms with Crippen LogP contribution < -0.4 is 5.73 Å². The zero-order chi connectivity index (χ0) is 13.6. The lowest BCUT2D eigenvalue weighted by molar-refractivity contribution is 0.0751. The molecule has 3 nitrogen and oxygen atoms in total. The van der Waals surface area contributed by atoms with Crippen LogP contribution in [0.1, 0.15) is 64.7 Å². The first kappa shape index (κ1) is 15.3. The van der Waals surface area contributed by atoms with Crippen molar-refractivity contribution in [3.8, 4) is 0 Å². The first-order chi connectivity index (χ1) is 9.30. The molecule has 0 aromatic carbocycles. The number of hydrogen-bond acceptors (Lipinski definition) is 3. The topological polar surface area (TPSA) is 38.5 Å². The van der Waals surface area contributed by atoms with E-state index in [2.05, 4.69) is 11.8 Å².